The number of carbonyl (C=O) groups excluding carboxylic acids is 2. The van der Waals surface area contributed by atoms with Gasteiger partial charge in [0.1, 0.15) is 4.21 Å². The minimum absolute atomic E-state index is 0.0840. The molecule has 0 aliphatic carbocycles. The van der Waals surface area contributed by atoms with E-state index in [1.54, 1.807) is 0 Å². The van der Waals surface area contributed by atoms with Gasteiger partial charge in [0, 0.05) is 12.1 Å². The first-order valence-electron chi connectivity index (χ1n) is 7.11. The molecule has 1 aliphatic rings. The van der Waals surface area contributed by atoms with Crippen molar-refractivity contribution in [2.45, 2.75) is 16.7 Å². The van der Waals surface area contributed by atoms with E-state index in [1.807, 2.05) is 0 Å². The van der Waals surface area contributed by atoms with Crippen molar-refractivity contribution >= 4 is 50.6 Å². The second-order valence-electron chi connectivity index (χ2n) is 5.09. The van der Waals surface area contributed by atoms with E-state index < -0.39 is 28.1 Å². The molecular formula is C15H12ClNO6S2. The van der Waals surface area contributed by atoms with E-state index in [0.717, 1.165) is 11.3 Å². The summed E-state index contributed by atoms with van der Waals surface area (Å²) in [6.45, 7) is 0.226. The zero-order chi connectivity index (χ0) is 18.0. The lowest BCUT2D eigenvalue weighted by atomic mass is 10.2. The predicted octanol–water partition coefficient (Wildman–Crippen LogP) is 2.67. The van der Waals surface area contributed by atoms with Crippen LogP contribution in [0, 0.1) is 0 Å². The smallest absolute Gasteiger partial charge is 0.347 e. The minimum atomic E-state index is -3.74. The molecule has 1 N–H and O–H groups in total. The van der Waals surface area contributed by atoms with E-state index >= 15 is 0 Å². The monoisotopic (exact) mass is 401 g/mol. The third-order valence-corrected chi connectivity index (χ3v) is 6.43. The van der Waals surface area contributed by atoms with Crippen molar-refractivity contribution in [3.05, 3.63) is 46.3 Å². The molecule has 0 unspecified atom stereocenters. The van der Waals surface area contributed by atoms with Crippen LogP contribution in [0.3, 0.4) is 0 Å². The van der Waals surface area contributed by atoms with Crippen LogP contribution in [0.1, 0.15) is 16.8 Å². The van der Waals surface area contributed by atoms with Gasteiger partial charge >= 0.3 is 11.9 Å². The third-order valence-electron chi connectivity index (χ3n) is 3.32. The average molecular weight is 402 g/mol. The molecule has 1 fully saturated rings. The number of hydrogen-bond acceptors (Lipinski definition) is 7. The number of nitrogens with one attached hydrogen (secondary N) is 1. The Kier molecular flexibility index (Phi) is 4.98. The summed E-state index contributed by atoms with van der Waals surface area (Å²) in [5, 5.41) is 0. The fourth-order valence-electron chi connectivity index (χ4n) is 2.10. The molecule has 0 saturated carbocycles. The highest BCUT2D eigenvalue weighted by molar-refractivity contribution is 7.94. The molecule has 1 saturated heterocycles. The van der Waals surface area contributed by atoms with Gasteiger partial charge in [0.05, 0.1) is 16.5 Å². The molecule has 3 rings (SSSR count). The molecule has 2 heterocycles. The van der Waals surface area contributed by atoms with Gasteiger partial charge in [-0.3, -0.25) is 4.72 Å². The molecule has 0 amide bonds. The summed E-state index contributed by atoms with van der Waals surface area (Å²) in [5.41, 5.74) is 0.475. The quantitative estimate of drug-likeness (QED) is 0.773. The van der Waals surface area contributed by atoms with Gasteiger partial charge in [-0.15, -0.1) is 11.3 Å². The summed E-state index contributed by atoms with van der Waals surface area (Å²) in [5.74, 6) is -1.24. The van der Waals surface area contributed by atoms with Crippen molar-refractivity contribution < 1.29 is 27.5 Å². The van der Waals surface area contributed by atoms with Crippen molar-refractivity contribution in [2.75, 3.05) is 11.3 Å². The highest BCUT2D eigenvalue weighted by Gasteiger charge is 2.30. The minimum Gasteiger partial charge on any atom is -0.463 e. The summed E-state index contributed by atoms with van der Waals surface area (Å²) in [7, 11) is -3.74. The van der Waals surface area contributed by atoms with E-state index in [2.05, 4.69) is 4.72 Å². The molecule has 10 heteroatoms. The molecule has 0 spiro atoms. The van der Waals surface area contributed by atoms with Gasteiger partial charge < -0.3 is 9.47 Å². The van der Waals surface area contributed by atoms with Gasteiger partial charge in [-0.25, -0.2) is 18.0 Å². The Morgan fingerprint density at radius 2 is 1.96 bits per heavy atom. The summed E-state index contributed by atoms with van der Waals surface area (Å²) >= 11 is 6.68. The van der Waals surface area contributed by atoms with Crippen LogP contribution in [0.25, 0.3) is 0 Å². The van der Waals surface area contributed by atoms with Crippen molar-refractivity contribution in [3.63, 3.8) is 0 Å². The molecule has 0 radical (unpaired) electrons. The van der Waals surface area contributed by atoms with Crippen molar-refractivity contribution in [1.29, 1.82) is 0 Å². The number of ether oxygens (including phenoxy) is 2. The zero-order valence-electron chi connectivity index (χ0n) is 12.6. The molecule has 1 aromatic carbocycles. The van der Waals surface area contributed by atoms with Gasteiger partial charge in [-0.1, -0.05) is 11.6 Å². The molecule has 0 bridgehead atoms. The second-order valence-corrected chi connectivity index (χ2v) is 8.72. The van der Waals surface area contributed by atoms with Gasteiger partial charge in [-0.2, -0.15) is 0 Å². The van der Waals surface area contributed by atoms with Crippen molar-refractivity contribution in [1.82, 2.24) is 0 Å². The first-order chi connectivity index (χ1) is 11.8. The van der Waals surface area contributed by atoms with E-state index in [4.69, 9.17) is 21.1 Å². The Labute approximate surface area is 152 Å². The van der Waals surface area contributed by atoms with E-state index in [1.165, 1.54) is 36.4 Å². The van der Waals surface area contributed by atoms with E-state index in [-0.39, 0.29) is 22.1 Å². The fourth-order valence-corrected chi connectivity index (χ4v) is 4.64. The van der Waals surface area contributed by atoms with Crippen LogP contribution in [-0.2, 0) is 24.3 Å². The lowest BCUT2D eigenvalue weighted by molar-refractivity contribution is -0.145. The molecular weight excluding hydrogens is 390 g/mol. The Hall–Kier alpha value is -2.10. The van der Waals surface area contributed by atoms with Crippen LogP contribution in [0.5, 0.6) is 0 Å². The van der Waals surface area contributed by atoms with Crippen LogP contribution >= 0.6 is 22.9 Å². The molecule has 2 aromatic rings. The number of halogens is 1. The Morgan fingerprint density at radius 1 is 1.24 bits per heavy atom. The number of anilines is 1. The molecule has 7 nitrogen and oxygen atoms in total. The standard InChI is InChI=1S/C15H12ClNO6S2/c16-12-5-6-13(24-12)25(20,21)17-10-3-1-9(2-4-10)14(18)23-11-7-8-22-15(11)19/h1-6,11,17H,7-8H2/t11-/m1/s1. The number of sulfonamides is 1. The maximum atomic E-state index is 12.2. The third kappa shape index (κ3) is 4.12. The number of hydrogen-bond donors (Lipinski definition) is 1. The van der Waals surface area contributed by atoms with Gasteiger partial charge in [-0.05, 0) is 36.4 Å². The summed E-state index contributed by atoms with van der Waals surface area (Å²) in [6, 6.07) is 8.56. The number of thiophene rings is 1. The molecule has 1 aromatic heterocycles. The zero-order valence-corrected chi connectivity index (χ0v) is 15.0. The lowest BCUT2D eigenvalue weighted by Crippen LogP contribution is -2.22. The van der Waals surface area contributed by atoms with Crippen LogP contribution < -0.4 is 4.72 Å². The largest absolute Gasteiger partial charge is 0.463 e. The SMILES string of the molecule is O=C(O[C@@H]1CCOC1=O)c1ccc(NS(=O)(=O)c2ccc(Cl)s2)cc1. The van der Waals surface area contributed by atoms with Gasteiger partial charge in [0.2, 0.25) is 6.10 Å². The number of benzene rings is 1. The molecule has 1 atom stereocenters. The number of carbonyl (C=O) groups is 2. The second kappa shape index (κ2) is 7.03. The fraction of sp³-hybridized carbons (Fsp3) is 0.200. The Bertz CT molecular complexity index is 906. The Morgan fingerprint density at radius 3 is 2.52 bits per heavy atom. The van der Waals surface area contributed by atoms with Gasteiger partial charge in [0.25, 0.3) is 10.0 Å². The van der Waals surface area contributed by atoms with Crippen LogP contribution in [-0.4, -0.2) is 33.1 Å². The number of cyclic esters (lactones) is 1. The Balaban J connectivity index is 1.67. The highest BCUT2D eigenvalue weighted by Crippen LogP contribution is 2.27. The maximum Gasteiger partial charge on any atom is 0.347 e. The van der Waals surface area contributed by atoms with Crippen LogP contribution in [0.4, 0.5) is 5.69 Å². The first-order valence-corrected chi connectivity index (χ1v) is 9.79. The summed E-state index contributed by atoms with van der Waals surface area (Å²) in [6.07, 6.45) is -0.569. The predicted molar refractivity (Wildman–Crippen MR) is 91.4 cm³/mol. The maximum absolute atomic E-state index is 12.2. The topological polar surface area (TPSA) is 98.8 Å². The molecule has 1 aliphatic heterocycles. The number of rotatable bonds is 5. The van der Waals surface area contributed by atoms with Crippen LogP contribution in [0.2, 0.25) is 4.34 Å². The average Bonchev–Trinajstić information content (AvgIpc) is 3.17. The molecule has 132 valence electrons. The van der Waals surface area contributed by atoms with E-state index in [0.29, 0.717) is 10.8 Å². The lowest BCUT2D eigenvalue weighted by Gasteiger charge is -2.09. The summed E-state index contributed by atoms with van der Waals surface area (Å²) in [4.78, 5) is 23.3. The first kappa shape index (κ1) is 17.7. The van der Waals surface area contributed by atoms with Crippen molar-refractivity contribution in [3.8, 4) is 0 Å². The molecule has 25 heavy (non-hydrogen) atoms. The highest BCUT2D eigenvalue weighted by atomic mass is 35.5. The van der Waals surface area contributed by atoms with Gasteiger partial charge in [0.15, 0.2) is 0 Å². The normalized spacial score (nSPS) is 17.2. The van der Waals surface area contributed by atoms with Crippen molar-refractivity contribution in [2.24, 2.45) is 0 Å². The van der Waals surface area contributed by atoms with E-state index in [9.17, 15) is 18.0 Å². The number of esters is 2. The summed E-state index contributed by atoms with van der Waals surface area (Å²) < 4.78 is 37.0. The van der Waals surface area contributed by atoms with Crippen LogP contribution in [0.15, 0.2) is 40.6 Å².